The van der Waals surface area contributed by atoms with Crippen LogP contribution in [0.3, 0.4) is 0 Å². The Morgan fingerprint density at radius 1 is 0.643 bits per heavy atom. The molecule has 15 unspecified atom stereocenters. The first-order valence-electron chi connectivity index (χ1n) is 12.8. The fraction of sp³-hybridized carbons (Fsp3) is 1.00. The van der Waals surface area contributed by atoms with Crippen LogP contribution in [0.5, 0.6) is 0 Å². The van der Waals surface area contributed by atoms with Crippen molar-refractivity contribution in [1.82, 2.24) is 0 Å². The third kappa shape index (κ3) is 9.52. The minimum Gasteiger partial charge on any atom is -1.00 e. The fourth-order valence-electron chi connectivity index (χ4n) is 4.75. The zero-order valence-electron chi connectivity index (χ0n) is 23.6. The third-order valence-corrected chi connectivity index (χ3v) is 7.58. The molecule has 15 atom stereocenters. The van der Waals surface area contributed by atoms with E-state index in [4.69, 9.17) is 33.5 Å². The van der Waals surface area contributed by atoms with Gasteiger partial charge in [-0.1, -0.05) is 0 Å². The Morgan fingerprint density at radius 3 is 1.76 bits per heavy atom. The zero-order valence-corrected chi connectivity index (χ0v) is 25.5. The predicted molar refractivity (Wildman–Crippen MR) is 127 cm³/mol. The molecule has 21 heteroatoms. The molecule has 3 saturated heterocycles. The molecule has 0 spiro atoms. The predicted octanol–water partition coefficient (Wildman–Crippen LogP) is -9.52. The van der Waals surface area contributed by atoms with Crippen LogP contribution >= 0.6 is 7.82 Å². The van der Waals surface area contributed by atoms with Crippen molar-refractivity contribution in [2.24, 2.45) is 0 Å². The van der Waals surface area contributed by atoms with Gasteiger partial charge in [0, 0.05) is 6.61 Å². The van der Waals surface area contributed by atoms with Crippen LogP contribution < -0.4 is 29.6 Å². The van der Waals surface area contributed by atoms with E-state index in [1.165, 1.54) is 0 Å². The molecule has 3 heterocycles. The first kappa shape index (κ1) is 38.7. The van der Waals surface area contributed by atoms with Crippen LogP contribution in [0.2, 0.25) is 0 Å². The Bertz CT molecular complexity index is 857. The Balaban J connectivity index is 0.00000462. The number of phosphoric acid groups is 1. The van der Waals surface area contributed by atoms with E-state index in [1.54, 1.807) is 0 Å². The monoisotopic (exact) mass is 650 g/mol. The van der Waals surface area contributed by atoms with Gasteiger partial charge in [-0.25, -0.2) is 4.57 Å². The number of rotatable bonds is 12. The Kier molecular flexibility index (Phi) is 15.6. The molecule has 0 aromatic rings. The fourth-order valence-corrected chi connectivity index (χ4v) is 5.09. The van der Waals surface area contributed by atoms with Crippen molar-refractivity contribution >= 4 is 7.82 Å². The first-order valence-corrected chi connectivity index (χ1v) is 14.3. The van der Waals surface area contributed by atoms with Gasteiger partial charge in [-0.05, 0) is 12.8 Å². The minimum absolute atomic E-state index is 0. The summed E-state index contributed by atoms with van der Waals surface area (Å²) in [5.74, 6) is 0. The maximum absolute atomic E-state index is 10.9. The summed E-state index contributed by atoms with van der Waals surface area (Å²) in [4.78, 5) is 17.7. The van der Waals surface area contributed by atoms with Crippen LogP contribution in [-0.4, -0.2) is 179 Å². The molecular formula is C21H40NaO19P. The van der Waals surface area contributed by atoms with Crippen molar-refractivity contribution in [1.29, 1.82) is 0 Å². The molecule has 0 saturated carbocycles. The first-order chi connectivity index (χ1) is 19.2. The molecule has 42 heavy (non-hydrogen) atoms. The van der Waals surface area contributed by atoms with E-state index in [1.807, 2.05) is 0 Å². The second-order valence-corrected chi connectivity index (χ2v) is 11.2. The van der Waals surface area contributed by atoms with Crippen LogP contribution in [0.25, 0.3) is 0 Å². The molecule has 3 aliphatic rings. The van der Waals surface area contributed by atoms with E-state index in [-0.39, 0.29) is 50.4 Å². The van der Waals surface area contributed by atoms with E-state index in [0.29, 0.717) is 0 Å². The summed E-state index contributed by atoms with van der Waals surface area (Å²) in [5, 5.41) is 101. The van der Waals surface area contributed by atoms with Crippen LogP contribution in [0.15, 0.2) is 0 Å². The van der Waals surface area contributed by atoms with Crippen molar-refractivity contribution < 1.29 is 125 Å². The van der Waals surface area contributed by atoms with Crippen molar-refractivity contribution in [3.8, 4) is 0 Å². The van der Waals surface area contributed by atoms with E-state index < -0.39 is 120 Å². The van der Waals surface area contributed by atoms with Gasteiger partial charge in [-0.15, -0.1) is 0 Å². The van der Waals surface area contributed by atoms with Crippen molar-refractivity contribution in [2.75, 3.05) is 26.4 Å². The molecule has 12 N–H and O–H groups in total. The number of ether oxygens (including phenoxy) is 5. The molecule has 3 rings (SSSR count). The van der Waals surface area contributed by atoms with Crippen LogP contribution in [0.1, 0.15) is 14.3 Å². The maximum Gasteiger partial charge on any atom is 1.00 e. The summed E-state index contributed by atoms with van der Waals surface area (Å²) in [5.41, 5.74) is 0. The molecule has 3 aliphatic heterocycles. The van der Waals surface area contributed by atoms with Gasteiger partial charge in [0.05, 0.1) is 25.9 Å². The molecule has 0 amide bonds. The summed E-state index contributed by atoms with van der Waals surface area (Å²) in [6, 6.07) is 0. The summed E-state index contributed by atoms with van der Waals surface area (Å²) in [6.07, 6.45) is -23.4. The number of aliphatic hydroxyl groups excluding tert-OH is 10. The van der Waals surface area contributed by atoms with Gasteiger partial charge in [0.15, 0.2) is 12.6 Å². The van der Waals surface area contributed by atoms with E-state index in [0.717, 1.165) is 0 Å². The topological polar surface area (TPSA) is 315 Å². The standard InChI is InChI=1S/C21H39O19P.Na.H/c22-4-8-12(25)15(28)17(30)21(38-8)40-19-9(5-23)39-20(18(31)16(19)29)35-3-1-2-7-11(24)14(27)13(26)10(37-7)6-36-41(32,33)34;;/h7-31H,1-6H2,(H2,32,33,34);;/q;+1;-1. The van der Waals surface area contributed by atoms with E-state index >= 15 is 0 Å². The molecule has 0 radical (unpaired) electrons. The molecule has 19 nitrogen and oxygen atoms in total. The average molecular weight is 650 g/mol. The Morgan fingerprint density at radius 2 is 1.17 bits per heavy atom. The third-order valence-electron chi connectivity index (χ3n) is 7.09. The second-order valence-electron chi connectivity index (χ2n) is 9.99. The summed E-state index contributed by atoms with van der Waals surface area (Å²) >= 11 is 0. The van der Waals surface area contributed by atoms with Gasteiger partial charge >= 0.3 is 37.4 Å². The van der Waals surface area contributed by atoms with Crippen molar-refractivity contribution in [3.63, 3.8) is 0 Å². The molecular weight excluding hydrogens is 610 g/mol. The second kappa shape index (κ2) is 16.9. The van der Waals surface area contributed by atoms with Crippen LogP contribution in [0.4, 0.5) is 0 Å². The number of phosphoric ester groups is 1. The normalized spacial score (nSPS) is 44.9. The molecule has 0 aliphatic carbocycles. The van der Waals surface area contributed by atoms with Crippen LogP contribution in [-0.2, 0) is 32.8 Å². The smallest absolute Gasteiger partial charge is 1.00 e. The van der Waals surface area contributed by atoms with Gasteiger partial charge in [0.25, 0.3) is 0 Å². The molecule has 0 aromatic heterocycles. The number of hydrogen-bond acceptors (Lipinski definition) is 17. The largest absolute Gasteiger partial charge is 1.00 e. The van der Waals surface area contributed by atoms with Gasteiger partial charge in [-0.2, -0.15) is 0 Å². The summed E-state index contributed by atoms with van der Waals surface area (Å²) < 4.78 is 42.3. The van der Waals surface area contributed by atoms with Gasteiger partial charge in [-0.3, -0.25) is 4.52 Å². The number of hydrogen-bond donors (Lipinski definition) is 12. The van der Waals surface area contributed by atoms with E-state index in [2.05, 4.69) is 4.52 Å². The quantitative estimate of drug-likeness (QED) is 0.0530. The average Bonchev–Trinajstić information content (AvgIpc) is 2.93. The zero-order chi connectivity index (χ0) is 30.6. The molecule has 0 aromatic carbocycles. The minimum atomic E-state index is -4.89. The molecule has 244 valence electrons. The Hall–Kier alpha value is 0.510. The summed E-state index contributed by atoms with van der Waals surface area (Å²) in [7, 11) is -4.89. The van der Waals surface area contributed by atoms with Crippen molar-refractivity contribution in [3.05, 3.63) is 0 Å². The molecule has 3 fully saturated rings. The SMILES string of the molecule is O=P(O)(O)OCC1OC(CCCOC2OC(CO)C(OC3OC(CO)C(O)C(O)C3O)C(O)C2O)C(O)C(O)C1O.[H-].[Na+]. The van der Waals surface area contributed by atoms with E-state index in [9.17, 15) is 55.6 Å². The van der Waals surface area contributed by atoms with Crippen LogP contribution in [0, 0.1) is 0 Å². The van der Waals surface area contributed by atoms with Crippen molar-refractivity contribution in [2.45, 2.75) is 105 Å². The summed E-state index contributed by atoms with van der Waals surface area (Å²) in [6.45, 7) is -2.44. The number of aliphatic hydroxyl groups is 10. The van der Waals surface area contributed by atoms with Gasteiger partial charge in [0.2, 0.25) is 0 Å². The molecule has 0 bridgehead atoms. The maximum atomic E-state index is 10.9. The Labute approximate surface area is 263 Å². The van der Waals surface area contributed by atoms with Gasteiger partial charge in [0.1, 0.15) is 73.2 Å². The van der Waals surface area contributed by atoms with Gasteiger partial charge < -0.3 is 86.0 Å².